The van der Waals surface area contributed by atoms with E-state index in [0.29, 0.717) is 0 Å². The summed E-state index contributed by atoms with van der Waals surface area (Å²) in [6.45, 7) is 4.28. The lowest BCUT2D eigenvalue weighted by molar-refractivity contribution is 0.494. The second-order valence-corrected chi connectivity index (χ2v) is 6.01. The van der Waals surface area contributed by atoms with Crippen LogP contribution in [0.5, 0.6) is 0 Å². The third kappa shape index (κ3) is 1.97. The van der Waals surface area contributed by atoms with E-state index in [1.807, 2.05) is 25.3 Å². The standard InChI is InChI=1S/C15H19N5/c1-11-7-8-20(18-11)15-6-5-14(16-17-15)19-9-12-3-2-4-13(12)10-19/h5-8,12-13H,2-4,9-10H2,1H3. The quantitative estimate of drug-likeness (QED) is 0.838. The fourth-order valence-corrected chi connectivity index (χ4v) is 3.57. The molecule has 2 aromatic rings. The zero-order valence-electron chi connectivity index (χ0n) is 11.7. The number of nitrogens with zero attached hydrogens (tertiary/aromatic N) is 5. The molecule has 5 heteroatoms. The second-order valence-electron chi connectivity index (χ2n) is 6.01. The van der Waals surface area contributed by atoms with E-state index in [1.54, 1.807) is 4.68 Å². The van der Waals surface area contributed by atoms with E-state index in [-0.39, 0.29) is 0 Å². The van der Waals surface area contributed by atoms with Crippen molar-refractivity contribution in [1.82, 2.24) is 20.0 Å². The van der Waals surface area contributed by atoms with Gasteiger partial charge in [-0.1, -0.05) is 6.42 Å². The van der Waals surface area contributed by atoms with Crippen molar-refractivity contribution in [3.63, 3.8) is 0 Å². The van der Waals surface area contributed by atoms with Crippen LogP contribution in [0.2, 0.25) is 0 Å². The van der Waals surface area contributed by atoms with Gasteiger partial charge in [-0.25, -0.2) is 4.68 Å². The predicted octanol–water partition coefficient (Wildman–Crippen LogP) is 2.21. The second kappa shape index (κ2) is 4.58. The van der Waals surface area contributed by atoms with Gasteiger partial charge >= 0.3 is 0 Å². The van der Waals surface area contributed by atoms with E-state index < -0.39 is 0 Å². The Kier molecular flexibility index (Phi) is 2.72. The van der Waals surface area contributed by atoms with Crippen LogP contribution < -0.4 is 4.90 Å². The smallest absolute Gasteiger partial charge is 0.175 e. The Morgan fingerprint density at radius 2 is 1.70 bits per heavy atom. The fourth-order valence-electron chi connectivity index (χ4n) is 3.57. The van der Waals surface area contributed by atoms with Crippen molar-refractivity contribution in [3.8, 4) is 5.82 Å². The molecule has 104 valence electrons. The van der Waals surface area contributed by atoms with Gasteiger partial charge in [0.05, 0.1) is 5.69 Å². The van der Waals surface area contributed by atoms with Crippen molar-refractivity contribution in [1.29, 1.82) is 0 Å². The average Bonchev–Trinajstić information content (AvgIpc) is 3.13. The predicted molar refractivity (Wildman–Crippen MR) is 76.9 cm³/mol. The summed E-state index contributed by atoms with van der Waals surface area (Å²) in [6, 6.07) is 6.04. The van der Waals surface area contributed by atoms with Gasteiger partial charge in [0.1, 0.15) is 0 Å². The molecule has 0 amide bonds. The minimum absolute atomic E-state index is 0.779. The topological polar surface area (TPSA) is 46.8 Å². The van der Waals surface area contributed by atoms with E-state index in [4.69, 9.17) is 0 Å². The van der Waals surface area contributed by atoms with Crippen LogP contribution in [0.1, 0.15) is 25.0 Å². The van der Waals surface area contributed by atoms with Crippen LogP contribution in [-0.2, 0) is 0 Å². The molecule has 0 bridgehead atoms. The molecule has 4 rings (SSSR count). The summed E-state index contributed by atoms with van der Waals surface area (Å²) >= 11 is 0. The maximum Gasteiger partial charge on any atom is 0.175 e. The van der Waals surface area contributed by atoms with Crippen LogP contribution in [0.15, 0.2) is 24.4 Å². The molecule has 1 aliphatic heterocycles. The Morgan fingerprint density at radius 1 is 1.00 bits per heavy atom. The summed E-state index contributed by atoms with van der Waals surface area (Å²) < 4.78 is 1.77. The first kappa shape index (κ1) is 11.9. The van der Waals surface area contributed by atoms with E-state index in [0.717, 1.165) is 42.3 Å². The molecule has 0 radical (unpaired) electrons. The highest BCUT2D eigenvalue weighted by Crippen LogP contribution is 2.38. The Morgan fingerprint density at radius 3 is 2.30 bits per heavy atom. The number of hydrogen-bond acceptors (Lipinski definition) is 4. The van der Waals surface area contributed by atoms with Crippen LogP contribution in [0.4, 0.5) is 5.82 Å². The van der Waals surface area contributed by atoms with Gasteiger partial charge in [-0.3, -0.25) is 0 Å². The largest absolute Gasteiger partial charge is 0.355 e. The van der Waals surface area contributed by atoms with Crippen LogP contribution in [0, 0.1) is 18.8 Å². The van der Waals surface area contributed by atoms with Gasteiger partial charge in [0.2, 0.25) is 0 Å². The van der Waals surface area contributed by atoms with Crippen molar-refractivity contribution in [2.45, 2.75) is 26.2 Å². The molecule has 2 aliphatic rings. The van der Waals surface area contributed by atoms with E-state index >= 15 is 0 Å². The highest BCUT2D eigenvalue weighted by Gasteiger charge is 2.36. The average molecular weight is 269 g/mol. The Hall–Kier alpha value is -1.91. The Labute approximate surface area is 118 Å². The summed E-state index contributed by atoms with van der Waals surface area (Å²) in [5.74, 6) is 3.55. The van der Waals surface area contributed by atoms with Crippen molar-refractivity contribution < 1.29 is 0 Å². The molecule has 20 heavy (non-hydrogen) atoms. The Balaban J connectivity index is 1.53. The maximum atomic E-state index is 4.39. The minimum Gasteiger partial charge on any atom is -0.355 e. The molecule has 0 aromatic carbocycles. The first-order valence-electron chi connectivity index (χ1n) is 7.41. The van der Waals surface area contributed by atoms with Crippen molar-refractivity contribution in [3.05, 3.63) is 30.1 Å². The van der Waals surface area contributed by atoms with E-state index in [9.17, 15) is 0 Å². The number of hydrogen-bond donors (Lipinski definition) is 0. The van der Waals surface area contributed by atoms with Crippen LogP contribution in [-0.4, -0.2) is 33.1 Å². The SMILES string of the molecule is Cc1ccn(-c2ccc(N3CC4CCCC4C3)nn2)n1. The summed E-state index contributed by atoms with van der Waals surface area (Å²) in [5.41, 5.74) is 0.989. The van der Waals surface area contributed by atoms with Gasteiger partial charge in [0, 0.05) is 19.3 Å². The van der Waals surface area contributed by atoms with Crippen LogP contribution >= 0.6 is 0 Å². The van der Waals surface area contributed by atoms with Crippen LogP contribution in [0.3, 0.4) is 0 Å². The highest BCUT2D eigenvalue weighted by atomic mass is 15.4. The van der Waals surface area contributed by atoms with Crippen molar-refractivity contribution in [2.24, 2.45) is 11.8 Å². The molecule has 1 saturated heterocycles. The third-order valence-electron chi connectivity index (χ3n) is 4.64. The van der Waals surface area contributed by atoms with Gasteiger partial charge in [-0.2, -0.15) is 5.10 Å². The lowest BCUT2D eigenvalue weighted by Crippen LogP contribution is -2.22. The third-order valence-corrected chi connectivity index (χ3v) is 4.64. The van der Waals surface area contributed by atoms with Crippen molar-refractivity contribution >= 4 is 5.82 Å². The zero-order valence-corrected chi connectivity index (χ0v) is 11.7. The molecule has 0 N–H and O–H groups in total. The fraction of sp³-hybridized carbons (Fsp3) is 0.533. The molecule has 3 heterocycles. The lowest BCUT2D eigenvalue weighted by Gasteiger charge is -2.17. The zero-order chi connectivity index (χ0) is 13.5. The van der Waals surface area contributed by atoms with E-state index in [2.05, 4.69) is 26.3 Å². The summed E-state index contributed by atoms with van der Waals surface area (Å²) in [6.07, 6.45) is 6.10. The monoisotopic (exact) mass is 269 g/mol. The molecule has 1 aliphatic carbocycles. The van der Waals surface area contributed by atoms with E-state index in [1.165, 1.54) is 19.3 Å². The lowest BCUT2D eigenvalue weighted by atomic mass is 10.0. The van der Waals surface area contributed by atoms with Gasteiger partial charge in [-0.05, 0) is 49.8 Å². The van der Waals surface area contributed by atoms with Gasteiger partial charge in [0.15, 0.2) is 11.6 Å². The molecule has 2 aromatic heterocycles. The Bertz CT molecular complexity index is 591. The number of rotatable bonds is 2. The van der Waals surface area contributed by atoms with Gasteiger partial charge in [0.25, 0.3) is 0 Å². The first-order chi connectivity index (χ1) is 9.79. The molecule has 2 unspecified atom stereocenters. The number of anilines is 1. The van der Waals surface area contributed by atoms with Crippen LogP contribution in [0.25, 0.3) is 5.82 Å². The normalized spacial score (nSPS) is 25.1. The van der Waals surface area contributed by atoms with Gasteiger partial charge < -0.3 is 4.90 Å². The summed E-state index contributed by atoms with van der Waals surface area (Å²) in [4.78, 5) is 2.39. The summed E-state index contributed by atoms with van der Waals surface area (Å²) in [7, 11) is 0. The molecule has 1 saturated carbocycles. The molecule has 5 nitrogen and oxygen atoms in total. The minimum atomic E-state index is 0.779. The molecule has 2 atom stereocenters. The summed E-state index contributed by atoms with van der Waals surface area (Å²) in [5, 5.41) is 13.1. The van der Waals surface area contributed by atoms with Crippen molar-refractivity contribution in [2.75, 3.05) is 18.0 Å². The molecular weight excluding hydrogens is 250 g/mol. The maximum absolute atomic E-state index is 4.39. The molecule has 2 fully saturated rings. The molecular formula is C15H19N5. The first-order valence-corrected chi connectivity index (χ1v) is 7.41. The van der Waals surface area contributed by atoms with Gasteiger partial charge in [-0.15, -0.1) is 10.2 Å². The molecule has 0 spiro atoms. The number of fused-ring (bicyclic) bond motifs is 1. The highest BCUT2D eigenvalue weighted by molar-refractivity contribution is 5.41. The number of aryl methyl sites for hydroxylation is 1. The number of aromatic nitrogens is 4.